The summed E-state index contributed by atoms with van der Waals surface area (Å²) in [6, 6.07) is -0.162. The van der Waals surface area contributed by atoms with E-state index in [4.69, 9.17) is 5.73 Å². The fraction of sp³-hybridized carbons (Fsp3) is 0.909. The van der Waals surface area contributed by atoms with Crippen LogP contribution in [0.2, 0.25) is 0 Å². The van der Waals surface area contributed by atoms with E-state index in [-0.39, 0.29) is 6.04 Å². The monoisotopic (exact) mass is 199 g/mol. The van der Waals surface area contributed by atoms with Crippen LogP contribution in [0, 0.1) is 5.41 Å². The largest absolute Gasteiger partial charge is 0.481 e. The van der Waals surface area contributed by atoms with Crippen LogP contribution in [0.4, 0.5) is 0 Å². The van der Waals surface area contributed by atoms with Crippen LogP contribution >= 0.6 is 0 Å². The summed E-state index contributed by atoms with van der Waals surface area (Å²) < 4.78 is 0. The predicted octanol–water partition coefficient (Wildman–Crippen LogP) is 2.15. The molecule has 14 heavy (non-hydrogen) atoms. The Balaban J connectivity index is 2.80. The molecule has 3 nitrogen and oxygen atoms in total. The Morgan fingerprint density at radius 2 is 2.07 bits per heavy atom. The second-order valence-corrected chi connectivity index (χ2v) is 4.37. The first-order chi connectivity index (χ1) is 6.63. The molecule has 0 aromatic rings. The van der Waals surface area contributed by atoms with Crippen molar-refractivity contribution in [3.63, 3.8) is 0 Å². The van der Waals surface area contributed by atoms with Crippen molar-refractivity contribution in [2.45, 2.75) is 57.9 Å². The lowest BCUT2D eigenvalue weighted by molar-refractivity contribution is -0.151. The maximum Gasteiger partial charge on any atom is 0.311 e. The third-order valence-corrected chi connectivity index (χ3v) is 3.65. The molecule has 0 saturated heterocycles. The molecule has 0 amide bonds. The number of hydrogen-bond donors (Lipinski definition) is 2. The summed E-state index contributed by atoms with van der Waals surface area (Å²) in [6.45, 7) is 1.94. The van der Waals surface area contributed by atoms with Gasteiger partial charge in [-0.2, -0.15) is 0 Å². The van der Waals surface area contributed by atoms with E-state index in [0.717, 1.165) is 32.1 Å². The predicted molar refractivity (Wildman–Crippen MR) is 56.0 cm³/mol. The molecule has 0 spiro atoms. The molecule has 1 fully saturated rings. The van der Waals surface area contributed by atoms with Crippen LogP contribution in [0.15, 0.2) is 0 Å². The molecule has 0 unspecified atom stereocenters. The van der Waals surface area contributed by atoms with Gasteiger partial charge in [0.2, 0.25) is 0 Å². The van der Waals surface area contributed by atoms with E-state index < -0.39 is 11.4 Å². The molecule has 0 aliphatic heterocycles. The van der Waals surface area contributed by atoms with Gasteiger partial charge in [-0.15, -0.1) is 0 Å². The van der Waals surface area contributed by atoms with Crippen LogP contribution in [0.3, 0.4) is 0 Å². The highest BCUT2D eigenvalue weighted by molar-refractivity contribution is 5.75. The molecule has 1 rings (SSSR count). The molecule has 0 aromatic heterocycles. The molecule has 0 bridgehead atoms. The summed E-state index contributed by atoms with van der Waals surface area (Å²) in [4.78, 5) is 11.3. The van der Waals surface area contributed by atoms with Crippen molar-refractivity contribution >= 4 is 5.97 Å². The second-order valence-electron chi connectivity index (χ2n) is 4.37. The molecule has 3 N–H and O–H groups in total. The van der Waals surface area contributed by atoms with Crippen LogP contribution in [0.25, 0.3) is 0 Å². The zero-order valence-corrected chi connectivity index (χ0v) is 8.96. The van der Waals surface area contributed by atoms with Crippen molar-refractivity contribution in [2.75, 3.05) is 0 Å². The smallest absolute Gasteiger partial charge is 0.311 e. The average molecular weight is 199 g/mol. The number of nitrogens with two attached hydrogens (primary N) is 1. The van der Waals surface area contributed by atoms with Crippen molar-refractivity contribution in [3.8, 4) is 0 Å². The van der Waals surface area contributed by atoms with E-state index in [0.29, 0.717) is 6.42 Å². The molecule has 1 saturated carbocycles. The molecular formula is C11H21NO2. The minimum absolute atomic E-state index is 0.162. The van der Waals surface area contributed by atoms with Crippen LogP contribution in [-0.4, -0.2) is 17.1 Å². The van der Waals surface area contributed by atoms with Gasteiger partial charge in [-0.25, -0.2) is 0 Å². The zero-order valence-electron chi connectivity index (χ0n) is 8.96. The first-order valence-electron chi connectivity index (χ1n) is 5.62. The topological polar surface area (TPSA) is 63.3 Å². The Kier molecular flexibility index (Phi) is 3.93. The van der Waals surface area contributed by atoms with Gasteiger partial charge in [0.1, 0.15) is 0 Å². The maximum absolute atomic E-state index is 11.3. The molecule has 1 aliphatic rings. The zero-order chi connectivity index (χ0) is 10.6. The van der Waals surface area contributed by atoms with Crippen LogP contribution in [0.5, 0.6) is 0 Å². The Morgan fingerprint density at radius 3 is 2.64 bits per heavy atom. The lowest BCUT2D eigenvalue weighted by atomic mass is 9.71. The molecule has 0 radical (unpaired) electrons. The normalized spacial score (nSPS) is 34.6. The highest BCUT2D eigenvalue weighted by atomic mass is 16.4. The van der Waals surface area contributed by atoms with Gasteiger partial charge in [0.05, 0.1) is 5.41 Å². The number of hydrogen-bond acceptors (Lipinski definition) is 2. The van der Waals surface area contributed by atoms with E-state index in [2.05, 4.69) is 0 Å². The third kappa shape index (κ3) is 2.08. The van der Waals surface area contributed by atoms with Gasteiger partial charge >= 0.3 is 5.97 Å². The van der Waals surface area contributed by atoms with Crippen LogP contribution in [0.1, 0.15) is 51.9 Å². The van der Waals surface area contributed by atoms with Crippen molar-refractivity contribution in [2.24, 2.45) is 11.1 Å². The van der Waals surface area contributed by atoms with Gasteiger partial charge in [-0.1, -0.05) is 32.6 Å². The van der Waals surface area contributed by atoms with Crippen LogP contribution < -0.4 is 5.73 Å². The number of carbonyl (C=O) groups is 1. The minimum Gasteiger partial charge on any atom is -0.481 e. The van der Waals surface area contributed by atoms with Crippen molar-refractivity contribution in [1.82, 2.24) is 0 Å². The number of carboxylic acid groups (broad SMARTS) is 1. The lowest BCUT2D eigenvalue weighted by Crippen LogP contribution is -2.47. The molecule has 0 heterocycles. The maximum atomic E-state index is 11.3. The number of aliphatic carboxylic acids is 1. The first kappa shape index (κ1) is 11.5. The van der Waals surface area contributed by atoms with Gasteiger partial charge in [0.25, 0.3) is 0 Å². The fourth-order valence-electron chi connectivity index (χ4n) is 2.48. The standard InChI is InChI=1S/C11H21NO2/c1-2-11(10(13)14)8-6-4-3-5-7-9(11)12/h9H,2-8,12H2,1H3,(H,13,14)/t9-,11+/m1/s1. The van der Waals surface area contributed by atoms with E-state index in [1.54, 1.807) is 0 Å². The van der Waals surface area contributed by atoms with Gasteiger partial charge in [-0.05, 0) is 19.3 Å². The summed E-state index contributed by atoms with van der Waals surface area (Å²) in [5, 5.41) is 9.30. The SMILES string of the molecule is CC[C@]1(C(=O)O)CCCCCC[C@H]1N. The Hall–Kier alpha value is -0.570. The molecule has 2 atom stereocenters. The van der Waals surface area contributed by atoms with Crippen molar-refractivity contribution in [1.29, 1.82) is 0 Å². The summed E-state index contributed by atoms with van der Waals surface area (Å²) in [5.41, 5.74) is 5.36. The Morgan fingerprint density at radius 1 is 1.43 bits per heavy atom. The summed E-state index contributed by atoms with van der Waals surface area (Å²) in [5.74, 6) is -0.700. The molecule has 82 valence electrons. The van der Waals surface area contributed by atoms with Crippen LogP contribution in [-0.2, 0) is 4.79 Å². The highest BCUT2D eigenvalue weighted by Gasteiger charge is 2.42. The summed E-state index contributed by atoms with van der Waals surface area (Å²) >= 11 is 0. The Labute approximate surface area is 85.7 Å². The van der Waals surface area contributed by atoms with E-state index in [1.165, 1.54) is 6.42 Å². The fourth-order valence-corrected chi connectivity index (χ4v) is 2.48. The average Bonchev–Trinajstić information content (AvgIpc) is 2.12. The van der Waals surface area contributed by atoms with E-state index >= 15 is 0 Å². The van der Waals surface area contributed by atoms with E-state index in [1.807, 2.05) is 6.92 Å². The van der Waals surface area contributed by atoms with Gasteiger partial charge in [0.15, 0.2) is 0 Å². The van der Waals surface area contributed by atoms with Crippen molar-refractivity contribution in [3.05, 3.63) is 0 Å². The summed E-state index contributed by atoms with van der Waals surface area (Å²) in [6.07, 6.45) is 6.71. The number of carboxylic acids is 1. The first-order valence-corrected chi connectivity index (χ1v) is 5.62. The molecular weight excluding hydrogens is 178 g/mol. The van der Waals surface area contributed by atoms with E-state index in [9.17, 15) is 9.90 Å². The lowest BCUT2D eigenvalue weighted by Gasteiger charge is -2.35. The van der Waals surface area contributed by atoms with Gasteiger partial charge in [0, 0.05) is 6.04 Å². The summed E-state index contributed by atoms with van der Waals surface area (Å²) in [7, 11) is 0. The Bertz CT molecular complexity index is 205. The highest BCUT2D eigenvalue weighted by Crippen LogP contribution is 2.36. The minimum atomic E-state index is -0.700. The number of rotatable bonds is 2. The molecule has 3 heteroatoms. The second kappa shape index (κ2) is 4.78. The third-order valence-electron chi connectivity index (χ3n) is 3.65. The molecule has 1 aliphatic carbocycles. The molecule has 0 aromatic carbocycles. The van der Waals surface area contributed by atoms with Gasteiger partial charge < -0.3 is 10.8 Å². The van der Waals surface area contributed by atoms with Crippen molar-refractivity contribution < 1.29 is 9.90 Å². The van der Waals surface area contributed by atoms with Gasteiger partial charge in [-0.3, -0.25) is 4.79 Å². The quantitative estimate of drug-likeness (QED) is 0.716.